The lowest BCUT2D eigenvalue weighted by Crippen LogP contribution is -2.27. The number of aliphatic hydroxyl groups is 1. The molecule has 1 amide bonds. The number of benzene rings is 1. The second-order valence-corrected chi connectivity index (χ2v) is 8.30. The highest BCUT2D eigenvalue weighted by atomic mass is 19.1. The molecule has 0 unspecified atom stereocenters. The molecule has 4 rings (SSSR count). The summed E-state index contributed by atoms with van der Waals surface area (Å²) in [5.41, 5.74) is 7.84. The first-order valence-electron chi connectivity index (χ1n) is 12.8. The molecule has 3 aromatic rings. The second kappa shape index (κ2) is 21.2. The van der Waals surface area contributed by atoms with E-state index < -0.39 is 0 Å². The lowest BCUT2D eigenvalue weighted by atomic mass is 10.1. The van der Waals surface area contributed by atoms with Gasteiger partial charge in [0.2, 0.25) is 12.4 Å². The first-order chi connectivity index (χ1) is 18.8. The molecule has 1 aliphatic rings. The summed E-state index contributed by atoms with van der Waals surface area (Å²) in [5.74, 6) is 0.516. The van der Waals surface area contributed by atoms with Crippen molar-refractivity contribution >= 4 is 28.9 Å². The normalized spacial score (nSPS) is 12.4. The van der Waals surface area contributed by atoms with E-state index in [4.69, 9.17) is 10.8 Å². The number of amides is 1. The van der Waals surface area contributed by atoms with Gasteiger partial charge in [-0.3, -0.25) is 9.18 Å². The summed E-state index contributed by atoms with van der Waals surface area (Å²) >= 11 is 0. The number of anilines is 1. The van der Waals surface area contributed by atoms with Gasteiger partial charge in [0.05, 0.1) is 18.8 Å². The zero-order chi connectivity index (χ0) is 30.5. The predicted octanol–water partition coefficient (Wildman–Crippen LogP) is 5.14. The minimum Gasteiger partial charge on any atom is -0.393 e. The number of nitrogens with two attached hydrogens (primary N) is 1. The van der Waals surface area contributed by atoms with Crippen LogP contribution in [0.1, 0.15) is 70.7 Å². The van der Waals surface area contributed by atoms with Gasteiger partial charge in [-0.05, 0) is 57.2 Å². The van der Waals surface area contributed by atoms with Gasteiger partial charge in [0.25, 0.3) is 0 Å². The lowest BCUT2D eigenvalue weighted by Gasteiger charge is -2.19. The number of halogens is 2. The average Bonchev–Trinajstić information content (AvgIpc) is 3.63. The third-order valence-corrected chi connectivity index (χ3v) is 5.81. The molecule has 3 N–H and O–H groups in total. The van der Waals surface area contributed by atoms with Gasteiger partial charge < -0.3 is 15.7 Å². The molecule has 0 saturated heterocycles. The van der Waals surface area contributed by atoms with E-state index in [1.165, 1.54) is 29.5 Å². The fraction of sp³-hybridized carbons (Fsp3) is 0.517. The summed E-state index contributed by atoms with van der Waals surface area (Å²) < 4.78 is 24.7. The Morgan fingerprint density at radius 3 is 2.23 bits per heavy atom. The van der Waals surface area contributed by atoms with Crippen LogP contribution in [0.5, 0.6) is 0 Å². The Morgan fingerprint density at radius 1 is 1.18 bits per heavy atom. The van der Waals surface area contributed by atoms with Crippen LogP contribution in [-0.4, -0.2) is 62.4 Å². The summed E-state index contributed by atoms with van der Waals surface area (Å²) in [6.07, 6.45) is 23.7. The van der Waals surface area contributed by atoms with E-state index >= 15 is 0 Å². The molecule has 8 nitrogen and oxygen atoms in total. The molecule has 1 saturated carbocycles. The maximum absolute atomic E-state index is 13.8. The number of nitrogens with zero attached hydrogens (tertiary/aromatic N) is 5. The first kappa shape index (κ1) is 37.4. The molecule has 1 aromatic carbocycles. The van der Waals surface area contributed by atoms with Crippen LogP contribution in [-0.2, 0) is 11.2 Å². The number of terminal acetylenes is 2. The number of alkyl halides is 1. The number of aromatic nitrogens is 4. The lowest BCUT2D eigenvalue weighted by molar-refractivity contribution is -0.118. The standard InChI is InChI=1S/C17H21FN6O.C5H10O.C2H6.2C2H2.CH3F/c1-10-7-12(18)8-13-15(10)21-17(19)24-16(13)20-14(22-24)6-4-5-11(2)23(3)9-25;6-5-3-1-2-4-5;4*1-2/h7-9,11H,4-6H2,1-3H3,(H2,19,21);5-6H,1-4H2;1-2H3;2*1-2H;1H3/t11-;;;;;/m0...../s1. The van der Waals surface area contributed by atoms with Gasteiger partial charge in [0.1, 0.15) is 5.82 Å². The van der Waals surface area contributed by atoms with Crippen molar-refractivity contribution in [3.8, 4) is 25.7 Å². The van der Waals surface area contributed by atoms with E-state index in [-0.39, 0.29) is 23.9 Å². The number of hydrogen-bond acceptors (Lipinski definition) is 6. The Bertz CT molecular complexity index is 1130. The number of nitrogen functional groups attached to an aromatic ring is 1. The summed E-state index contributed by atoms with van der Waals surface area (Å²) in [6.45, 7) is 7.78. The van der Waals surface area contributed by atoms with Gasteiger partial charge in [-0.2, -0.15) is 4.52 Å². The van der Waals surface area contributed by atoms with Gasteiger partial charge in [0, 0.05) is 24.9 Å². The van der Waals surface area contributed by atoms with E-state index in [0.717, 1.165) is 32.1 Å². The Kier molecular flexibility index (Phi) is 20.3. The Balaban J connectivity index is 0. The molecule has 0 bridgehead atoms. The van der Waals surface area contributed by atoms with Crippen LogP contribution in [0.4, 0.5) is 14.7 Å². The van der Waals surface area contributed by atoms with Gasteiger partial charge in [-0.15, -0.1) is 30.8 Å². The van der Waals surface area contributed by atoms with E-state index in [1.54, 1.807) is 18.9 Å². The quantitative estimate of drug-likeness (QED) is 0.327. The van der Waals surface area contributed by atoms with E-state index in [1.807, 2.05) is 20.8 Å². The van der Waals surface area contributed by atoms with Gasteiger partial charge in [0.15, 0.2) is 11.5 Å². The van der Waals surface area contributed by atoms with Crippen molar-refractivity contribution in [2.75, 3.05) is 20.0 Å². The minimum absolute atomic E-state index is 0.0463. The molecule has 39 heavy (non-hydrogen) atoms. The first-order valence-corrected chi connectivity index (χ1v) is 12.8. The third kappa shape index (κ3) is 11.7. The van der Waals surface area contributed by atoms with Crippen LogP contribution in [0.2, 0.25) is 0 Å². The SMILES string of the molecule is C#C.C#C.CC.CF.Cc1cc(F)cc2c1nc(N)n1nc(CCC[C@H](C)N(C)C=O)nc21.OC1CCCC1. The number of rotatable bonds is 6. The van der Waals surface area contributed by atoms with Crippen LogP contribution in [0.15, 0.2) is 12.1 Å². The number of hydrogen-bond donors (Lipinski definition) is 2. The molecule has 0 spiro atoms. The number of carbonyl (C=O) groups is 1. The molecule has 2 heterocycles. The predicted molar refractivity (Wildman–Crippen MR) is 156 cm³/mol. The van der Waals surface area contributed by atoms with Crippen molar-refractivity contribution in [2.45, 2.75) is 84.8 Å². The van der Waals surface area contributed by atoms with E-state index in [9.17, 15) is 13.6 Å². The largest absolute Gasteiger partial charge is 0.393 e. The number of aryl methyl sites for hydroxylation is 2. The molecular weight excluding hydrogens is 502 g/mol. The van der Waals surface area contributed by atoms with Crippen molar-refractivity contribution in [2.24, 2.45) is 0 Å². The van der Waals surface area contributed by atoms with Crippen molar-refractivity contribution < 1.29 is 18.7 Å². The highest BCUT2D eigenvalue weighted by molar-refractivity contribution is 5.94. The summed E-state index contributed by atoms with van der Waals surface area (Å²) in [7, 11) is 2.26. The van der Waals surface area contributed by atoms with E-state index in [2.05, 4.69) is 40.8 Å². The summed E-state index contributed by atoms with van der Waals surface area (Å²) in [4.78, 5) is 21.3. The van der Waals surface area contributed by atoms with Gasteiger partial charge in [-0.1, -0.05) is 26.7 Å². The molecule has 0 radical (unpaired) electrons. The molecule has 1 aliphatic carbocycles. The second-order valence-electron chi connectivity index (χ2n) is 8.30. The Morgan fingerprint density at radius 2 is 1.74 bits per heavy atom. The van der Waals surface area contributed by atoms with Crippen molar-refractivity contribution in [3.63, 3.8) is 0 Å². The average molecular weight is 547 g/mol. The molecule has 1 atom stereocenters. The van der Waals surface area contributed by atoms with Crippen LogP contribution in [0, 0.1) is 38.4 Å². The number of aliphatic hydroxyl groups excluding tert-OH is 1. The number of carbonyl (C=O) groups excluding carboxylic acids is 1. The number of fused-ring (bicyclic) bond motifs is 3. The third-order valence-electron chi connectivity index (χ3n) is 5.81. The van der Waals surface area contributed by atoms with Crippen molar-refractivity contribution in [1.29, 1.82) is 0 Å². The van der Waals surface area contributed by atoms with E-state index in [0.29, 0.717) is 41.5 Å². The maximum Gasteiger partial charge on any atom is 0.223 e. The highest BCUT2D eigenvalue weighted by Crippen LogP contribution is 2.24. The topological polar surface area (TPSA) is 110 Å². The Labute approximate surface area is 232 Å². The molecule has 10 heteroatoms. The molecule has 0 aliphatic heterocycles. The van der Waals surface area contributed by atoms with Crippen LogP contribution >= 0.6 is 0 Å². The van der Waals surface area contributed by atoms with Gasteiger partial charge in [-0.25, -0.2) is 14.4 Å². The van der Waals surface area contributed by atoms with Crippen LogP contribution < -0.4 is 5.73 Å². The zero-order valence-electron chi connectivity index (χ0n) is 24.1. The van der Waals surface area contributed by atoms with Crippen molar-refractivity contribution in [3.05, 3.63) is 29.3 Å². The van der Waals surface area contributed by atoms with Crippen molar-refractivity contribution in [1.82, 2.24) is 24.5 Å². The highest BCUT2D eigenvalue weighted by Gasteiger charge is 2.15. The smallest absolute Gasteiger partial charge is 0.223 e. The van der Waals surface area contributed by atoms with Gasteiger partial charge >= 0.3 is 0 Å². The van der Waals surface area contributed by atoms with Crippen LogP contribution in [0.3, 0.4) is 0 Å². The molecule has 216 valence electrons. The monoisotopic (exact) mass is 546 g/mol. The minimum atomic E-state index is -0.339. The zero-order valence-corrected chi connectivity index (χ0v) is 24.1. The fourth-order valence-electron chi connectivity index (χ4n) is 3.78. The maximum atomic E-state index is 13.8. The summed E-state index contributed by atoms with van der Waals surface area (Å²) in [6, 6.07) is 2.98. The molecular formula is C29H44F2N6O2. The molecule has 1 fully saturated rings. The Hall–Kier alpha value is -3.76. The molecule has 2 aromatic heterocycles. The summed E-state index contributed by atoms with van der Waals surface area (Å²) in [5, 5.41) is 13.7. The fourth-order valence-corrected chi connectivity index (χ4v) is 3.78. The van der Waals surface area contributed by atoms with Crippen LogP contribution in [0.25, 0.3) is 16.6 Å².